The molecular weight excluding hydrogens is 338 g/mol. The molecule has 2 aliphatic heterocycles. The number of para-hydroxylation sites is 1. The highest BCUT2D eigenvalue weighted by atomic mass is 16.2. The van der Waals surface area contributed by atoms with Gasteiger partial charge in [0.25, 0.3) is 0 Å². The summed E-state index contributed by atoms with van der Waals surface area (Å²) in [6.07, 6.45) is 3.96. The van der Waals surface area contributed by atoms with E-state index >= 15 is 0 Å². The van der Waals surface area contributed by atoms with Gasteiger partial charge in [0.05, 0.1) is 0 Å². The molecule has 2 amide bonds. The second kappa shape index (κ2) is 8.87. The van der Waals surface area contributed by atoms with E-state index in [2.05, 4.69) is 18.7 Å². The number of amides is 2. The standard InChI is InChI=1S/C22H33N3O2/c1-4-11-23-12-9-19(10-13-23)14-21(26)24-16-22(27)25(15-18(24)3)20-8-6-5-7-17(20)2/h5-8,18-19H,4,9-16H2,1-3H3/t18-/m1/s1. The number of aryl methyl sites for hydroxylation is 1. The van der Waals surface area contributed by atoms with E-state index in [0.717, 1.165) is 43.7 Å². The Hall–Kier alpha value is -1.88. The summed E-state index contributed by atoms with van der Waals surface area (Å²) >= 11 is 0. The summed E-state index contributed by atoms with van der Waals surface area (Å²) in [6.45, 7) is 10.4. The molecule has 2 saturated heterocycles. The predicted molar refractivity (Wildman–Crippen MR) is 109 cm³/mol. The van der Waals surface area contributed by atoms with E-state index in [4.69, 9.17) is 0 Å². The molecule has 148 valence electrons. The van der Waals surface area contributed by atoms with Gasteiger partial charge in [-0.25, -0.2) is 0 Å². The fraction of sp³-hybridized carbons (Fsp3) is 0.636. The molecule has 1 aromatic rings. The summed E-state index contributed by atoms with van der Waals surface area (Å²) < 4.78 is 0. The predicted octanol–water partition coefficient (Wildman–Crippen LogP) is 3.07. The average Bonchev–Trinajstić information content (AvgIpc) is 2.65. The van der Waals surface area contributed by atoms with Gasteiger partial charge < -0.3 is 14.7 Å². The lowest BCUT2D eigenvalue weighted by atomic mass is 9.92. The number of piperazine rings is 1. The van der Waals surface area contributed by atoms with Crippen molar-refractivity contribution in [2.24, 2.45) is 5.92 Å². The number of benzene rings is 1. The maximum Gasteiger partial charge on any atom is 0.246 e. The van der Waals surface area contributed by atoms with E-state index in [9.17, 15) is 9.59 Å². The molecular formula is C22H33N3O2. The normalized spacial score (nSPS) is 22.3. The molecule has 5 nitrogen and oxygen atoms in total. The van der Waals surface area contributed by atoms with Crippen LogP contribution in [0.1, 0.15) is 45.1 Å². The fourth-order valence-corrected chi connectivity index (χ4v) is 4.38. The fourth-order valence-electron chi connectivity index (χ4n) is 4.38. The maximum absolute atomic E-state index is 12.9. The Bertz CT molecular complexity index is 667. The summed E-state index contributed by atoms with van der Waals surface area (Å²) in [5.74, 6) is 0.630. The Morgan fingerprint density at radius 3 is 2.56 bits per heavy atom. The molecule has 27 heavy (non-hydrogen) atoms. The van der Waals surface area contributed by atoms with E-state index in [1.807, 2.05) is 36.1 Å². The van der Waals surface area contributed by atoms with Gasteiger partial charge in [0.2, 0.25) is 11.8 Å². The van der Waals surface area contributed by atoms with Crippen LogP contribution in [0.4, 0.5) is 5.69 Å². The topological polar surface area (TPSA) is 43.9 Å². The van der Waals surface area contributed by atoms with Gasteiger partial charge in [-0.15, -0.1) is 0 Å². The highest BCUT2D eigenvalue weighted by Crippen LogP contribution is 2.26. The Balaban J connectivity index is 1.57. The van der Waals surface area contributed by atoms with Gasteiger partial charge in [-0.2, -0.15) is 0 Å². The molecule has 2 aliphatic rings. The van der Waals surface area contributed by atoms with E-state index in [1.54, 1.807) is 4.90 Å². The number of nitrogens with zero attached hydrogens (tertiary/aromatic N) is 3. The molecule has 0 radical (unpaired) electrons. The minimum atomic E-state index is 0.0218. The van der Waals surface area contributed by atoms with Crippen LogP contribution in [0.5, 0.6) is 0 Å². The van der Waals surface area contributed by atoms with Crippen molar-refractivity contribution in [3.05, 3.63) is 29.8 Å². The Morgan fingerprint density at radius 2 is 1.89 bits per heavy atom. The first kappa shape index (κ1) is 19.9. The summed E-state index contributed by atoms with van der Waals surface area (Å²) in [6, 6.07) is 8.01. The van der Waals surface area contributed by atoms with Crippen molar-refractivity contribution in [1.82, 2.24) is 9.80 Å². The number of carbonyl (C=O) groups is 2. The number of rotatable bonds is 5. The highest BCUT2D eigenvalue weighted by Gasteiger charge is 2.34. The van der Waals surface area contributed by atoms with Crippen molar-refractivity contribution in [1.29, 1.82) is 0 Å². The lowest BCUT2D eigenvalue weighted by Crippen LogP contribution is -2.57. The van der Waals surface area contributed by atoms with E-state index in [-0.39, 0.29) is 24.4 Å². The minimum absolute atomic E-state index is 0.0218. The molecule has 5 heteroatoms. The van der Waals surface area contributed by atoms with Crippen LogP contribution >= 0.6 is 0 Å². The Kier molecular flexibility index (Phi) is 6.53. The Morgan fingerprint density at radius 1 is 1.19 bits per heavy atom. The van der Waals surface area contributed by atoms with Gasteiger partial charge in [0, 0.05) is 24.7 Å². The number of hydrogen-bond acceptors (Lipinski definition) is 3. The van der Waals surface area contributed by atoms with Crippen LogP contribution in [0.15, 0.2) is 24.3 Å². The molecule has 0 aliphatic carbocycles. The lowest BCUT2D eigenvalue weighted by Gasteiger charge is -2.41. The molecule has 0 unspecified atom stereocenters. The summed E-state index contributed by atoms with van der Waals surface area (Å²) in [5, 5.41) is 0. The third-order valence-corrected chi connectivity index (χ3v) is 6.02. The van der Waals surface area contributed by atoms with Crippen LogP contribution in [-0.2, 0) is 9.59 Å². The van der Waals surface area contributed by atoms with Gasteiger partial charge in [-0.3, -0.25) is 9.59 Å². The van der Waals surface area contributed by atoms with Crippen molar-refractivity contribution < 1.29 is 9.59 Å². The quantitative estimate of drug-likeness (QED) is 0.799. The van der Waals surface area contributed by atoms with Gasteiger partial charge in [0.1, 0.15) is 6.54 Å². The number of anilines is 1. The Labute approximate surface area is 163 Å². The molecule has 2 heterocycles. The number of carbonyl (C=O) groups excluding carboxylic acids is 2. The monoisotopic (exact) mass is 371 g/mol. The maximum atomic E-state index is 12.9. The van der Waals surface area contributed by atoms with Gasteiger partial charge in [-0.1, -0.05) is 25.1 Å². The first-order chi connectivity index (χ1) is 13.0. The smallest absolute Gasteiger partial charge is 0.246 e. The van der Waals surface area contributed by atoms with Crippen LogP contribution in [0, 0.1) is 12.8 Å². The SMILES string of the molecule is CCCN1CCC(CC(=O)N2CC(=O)N(c3ccccc3C)C[C@H]2C)CC1. The molecule has 0 N–H and O–H groups in total. The third kappa shape index (κ3) is 4.70. The minimum Gasteiger partial charge on any atom is -0.329 e. The molecule has 1 atom stereocenters. The second-order valence-electron chi connectivity index (χ2n) is 8.15. The summed E-state index contributed by atoms with van der Waals surface area (Å²) in [7, 11) is 0. The van der Waals surface area contributed by atoms with E-state index < -0.39 is 0 Å². The summed E-state index contributed by atoms with van der Waals surface area (Å²) in [4.78, 5) is 31.8. The van der Waals surface area contributed by atoms with Crippen LogP contribution in [0.2, 0.25) is 0 Å². The highest BCUT2D eigenvalue weighted by molar-refractivity contribution is 5.98. The van der Waals surface area contributed by atoms with Crippen LogP contribution in [0.3, 0.4) is 0 Å². The molecule has 0 spiro atoms. The zero-order valence-electron chi connectivity index (χ0n) is 17.0. The van der Waals surface area contributed by atoms with Crippen LogP contribution in [0.25, 0.3) is 0 Å². The zero-order chi connectivity index (χ0) is 19.4. The zero-order valence-corrected chi connectivity index (χ0v) is 17.0. The largest absolute Gasteiger partial charge is 0.329 e. The summed E-state index contributed by atoms with van der Waals surface area (Å²) in [5.41, 5.74) is 2.06. The van der Waals surface area contributed by atoms with Crippen molar-refractivity contribution in [3.63, 3.8) is 0 Å². The van der Waals surface area contributed by atoms with Gasteiger partial charge in [-0.05, 0) is 70.3 Å². The van der Waals surface area contributed by atoms with Gasteiger partial charge in [0.15, 0.2) is 0 Å². The van der Waals surface area contributed by atoms with Crippen LogP contribution in [-0.4, -0.2) is 60.4 Å². The first-order valence-corrected chi connectivity index (χ1v) is 10.4. The average molecular weight is 372 g/mol. The lowest BCUT2D eigenvalue weighted by molar-refractivity contribution is -0.140. The molecule has 0 saturated carbocycles. The van der Waals surface area contributed by atoms with Crippen molar-refractivity contribution in [2.45, 2.75) is 52.5 Å². The van der Waals surface area contributed by atoms with Crippen molar-refractivity contribution in [3.8, 4) is 0 Å². The molecule has 0 aromatic heterocycles. The molecule has 1 aromatic carbocycles. The van der Waals surface area contributed by atoms with E-state index in [1.165, 1.54) is 6.42 Å². The third-order valence-electron chi connectivity index (χ3n) is 6.02. The van der Waals surface area contributed by atoms with Crippen molar-refractivity contribution in [2.75, 3.05) is 37.6 Å². The molecule has 2 fully saturated rings. The van der Waals surface area contributed by atoms with E-state index in [0.29, 0.717) is 18.9 Å². The number of hydrogen-bond donors (Lipinski definition) is 0. The number of likely N-dealkylation sites (tertiary alicyclic amines) is 1. The second-order valence-corrected chi connectivity index (χ2v) is 8.15. The molecule has 3 rings (SSSR count). The first-order valence-electron chi connectivity index (χ1n) is 10.4. The van der Waals surface area contributed by atoms with Crippen LogP contribution < -0.4 is 4.90 Å². The van der Waals surface area contributed by atoms with Crippen molar-refractivity contribution >= 4 is 17.5 Å². The number of piperidine rings is 1. The van der Waals surface area contributed by atoms with Gasteiger partial charge >= 0.3 is 0 Å². The molecule has 0 bridgehead atoms.